The van der Waals surface area contributed by atoms with Crippen LogP contribution in [0.1, 0.15) is 41.5 Å². The average Bonchev–Trinajstić information content (AvgIpc) is 1.81. The first-order chi connectivity index (χ1) is 5.40. The number of hydrogen-bond donors (Lipinski definition) is 0. The van der Waals surface area contributed by atoms with Gasteiger partial charge >= 0.3 is 0 Å². The maximum absolute atomic E-state index is 6.85. The van der Waals surface area contributed by atoms with Gasteiger partial charge in [0.1, 0.15) is 6.90 Å². The van der Waals surface area contributed by atoms with Gasteiger partial charge < -0.3 is 0 Å². The quantitative estimate of drug-likeness (QED) is 0.470. The van der Waals surface area contributed by atoms with Crippen LogP contribution in [0.3, 0.4) is 0 Å². The number of halogens is 1. The zero-order chi connectivity index (χ0) is 11.1. The van der Waals surface area contributed by atoms with Crippen LogP contribution in [0.5, 0.6) is 0 Å². The van der Waals surface area contributed by atoms with Crippen LogP contribution in [-0.4, -0.2) is 15.2 Å². The van der Waals surface area contributed by atoms with E-state index in [1.807, 2.05) is 0 Å². The second-order valence-corrected chi connectivity index (χ2v) is 22.8. The molecule has 0 radical (unpaired) electrons. The minimum absolute atomic E-state index is 0.341. The van der Waals surface area contributed by atoms with Gasteiger partial charge in [-0.2, -0.15) is 11.1 Å². The van der Waals surface area contributed by atoms with Gasteiger partial charge in [-0.3, -0.25) is 0 Å². The second-order valence-electron chi connectivity index (χ2n) is 6.41. The molecule has 0 aromatic rings. The van der Waals surface area contributed by atoms with Gasteiger partial charge in [-0.25, -0.2) is 0 Å². The van der Waals surface area contributed by atoms with E-state index in [0.29, 0.717) is 10.1 Å². The van der Waals surface area contributed by atoms with E-state index in [4.69, 9.17) is 11.1 Å². The Morgan fingerprint density at radius 1 is 1.00 bits per heavy atom. The van der Waals surface area contributed by atoms with Crippen molar-refractivity contribution in [3.05, 3.63) is 0 Å². The van der Waals surface area contributed by atoms with E-state index in [0.717, 1.165) is 0 Å². The third-order valence-electron chi connectivity index (χ3n) is 3.58. The van der Waals surface area contributed by atoms with Gasteiger partial charge in [-0.15, -0.1) is 0 Å². The van der Waals surface area contributed by atoms with Crippen LogP contribution in [0.25, 0.3) is 0 Å². The maximum atomic E-state index is 6.85. The summed E-state index contributed by atoms with van der Waals surface area (Å²) in [5.41, 5.74) is 0. The van der Waals surface area contributed by atoms with Crippen molar-refractivity contribution in [1.82, 2.24) is 0 Å². The highest BCUT2D eigenvalue weighted by Crippen LogP contribution is 2.46. The largest absolute Gasteiger partial charge is 0.171 e. The molecule has 0 heterocycles. The van der Waals surface area contributed by atoms with Crippen LogP contribution < -0.4 is 0 Å². The molecule has 2 unspecified atom stereocenters. The first kappa shape index (κ1) is 13.7. The van der Waals surface area contributed by atoms with Gasteiger partial charge in [-0.05, 0) is 10.1 Å². The molecule has 0 aliphatic rings. The predicted molar refractivity (Wildman–Crippen MR) is 69.9 cm³/mol. The summed E-state index contributed by atoms with van der Waals surface area (Å²) < 4.78 is 0. The Bertz CT molecular complexity index is 174. The Balaban J connectivity index is 4.86. The molecule has 2 atom stereocenters. The average molecular weight is 237 g/mol. The number of hydrogen-bond acceptors (Lipinski definition) is 0. The molecule has 80 valence electrons. The van der Waals surface area contributed by atoms with E-state index in [1.165, 1.54) is 0 Å². The molecular formula is C10H25ClSi2. The Morgan fingerprint density at radius 3 is 1.38 bits per heavy atom. The molecule has 0 saturated heterocycles. The molecule has 0 nitrogen and oxygen atoms in total. The van der Waals surface area contributed by atoms with Crippen molar-refractivity contribution in [3.8, 4) is 0 Å². The lowest BCUT2D eigenvalue weighted by molar-refractivity contribution is 0.720. The summed E-state index contributed by atoms with van der Waals surface area (Å²) >= 11 is 6.85. The van der Waals surface area contributed by atoms with Crippen LogP contribution in [0.2, 0.25) is 23.2 Å². The molecule has 13 heavy (non-hydrogen) atoms. The zero-order valence-corrected chi connectivity index (χ0v) is 13.4. The summed E-state index contributed by atoms with van der Waals surface area (Å²) in [5, 5.41) is 0.809. The van der Waals surface area contributed by atoms with Gasteiger partial charge in [0.25, 0.3) is 0 Å². The van der Waals surface area contributed by atoms with Crippen molar-refractivity contribution >= 4 is 26.3 Å². The molecule has 0 bridgehead atoms. The van der Waals surface area contributed by atoms with E-state index < -0.39 is 15.2 Å². The van der Waals surface area contributed by atoms with Gasteiger partial charge in [0, 0.05) is 0 Å². The first-order valence-corrected chi connectivity index (χ1v) is 12.1. The fourth-order valence-electron chi connectivity index (χ4n) is 1.46. The fraction of sp³-hybridized carbons (Fsp3) is 1.00. The molecule has 3 heteroatoms. The Kier molecular flexibility index (Phi) is 3.91. The van der Waals surface area contributed by atoms with E-state index in [9.17, 15) is 0 Å². The Labute approximate surface area is 91.2 Å². The second kappa shape index (κ2) is 3.71. The third kappa shape index (κ3) is 3.10. The first-order valence-electron chi connectivity index (χ1n) is 5.09. The highest BCUT2D eigenvalue weighted by molar-refractivity contribution is 7.54. The summed E-state index contributed by atoms with van der Waals surface area (Å²) in [6, 6.07) is 0. The standard InChI is InChI=1S/C10H25ClSi2/c1-9(2,3)12(7)13(8,11)10(4,5)6/h12H,1-8H3. The SMILES string of the molecule is C[SiH](C(C)(C)C)[Si](C)(Cl)C(C)(C)C. The lowest BCUT2D eigenvalue weighted by atomic mass is 10.2. The molecular weight excluding hydrogens is 212 g/mol. The lowest BCUT2D eigenvalue weighted by Gasteiger charge is -2.44. The van der Waals surface area contributed by atoms with Crippen molar-refractivity contribution < 1.29 is 0 Å². The van der Waals surface area contributed by atoms with E-state index in [2.05, 4.69) is 54.6 Å². The van der Waals surface area contributed by atoms with Crippen molar-refractivity contribution in [2.75, 3.05) is 0 Å². The smallest absolute Gasteiger partial charge is 0.146 e. The summed E-state index contributed by atoms with van der Waals surface area (Å²) in [6.45, 7) is 17.2. The van der Waals surface area contributed by atoms with Gasteiger partial charge in [-0.1, -0.05) is 54.6 Å². The Hall–Kier alpha value is 0.724. The van der Waals surface area contributed by atoms with Gasteiger partial charge in [0.2, 0.25) is 0 Å². The van der Waals surface area contributed by atoms with Crippen molar-refractivity contribution in [1.29, 1.82) is 0 Å². The van der Waals surface area contributed by atoms with E-state index in [-0.39, 0.29) is 0 Å². The summed E-state index contributed by atoms with van der Waals surface area (Å²) in [7, 11) is -0.820. The molecule has 0 amide bonds. The summed E-state index contributed by atoms with van der Waals surface area (Å²) in [6.07, 6.45) is 0. The zero-order valence-electron chi connectivity index (χ0n) is 10.5. The van der Waals surface area contributed by atoms with Crippen LogP contribution in [0.4, 0.5) is 0 Å². The Morgan fingerprint density at radius 2 is 1.31 bits per heavy atom. The fourth-order valence-corrected chi connectivity index (χ4v) is 16.1. The molecule has 0 saturated carbocycles. The van der Waals surface area contributed by atoms with Gasteiger partial charge in [0.15, 0.2) is 0 Å². The molecule has 0 N–H and O–H groups in total. The minimum Gasteiger partial charge on any atom is -0.171 e. The van der Waals surface area contributed by atoms with Crippen molar-refractivity contribution in [3.63, 3.8) is 0 Å². The van der Waals surface area contributed by atoms with Gasteiger partial charge in [0.05, 0.1) is 8.31 Å². The molecule has 0 aromatic carbocycles. The molecule has 0 aromatic heterocycles. The van der Waals surface area contributed by atoms with Crippen LogP contribution in [0, 0.1) is 0 Å². The summed E-state index contributed by atoms with van der Waals surface area (Å²) in [4.78, 5) is 0. The van der Waals surface area contributed by atoms with E-state index >= 15 is 0 Å². The van der Waals surface area contributed by atoms with Crippen molar-refractivity contribution in [2.24, 2.45) is 0 Å². The van der Waals surface area contributed by atoms with Crippen LogP contribution in [0.15, 0.2) is 0 Å². The maximum Gasteiger partial charge on any atom is 0.146 e. The van der Waals surface area contributed by atoms with E-state index in [1.54, 1.807) is 0 Å². The summed E-state index contributed by atoms with van der Waals surface area (Å²) in [5.74, 6) is 0. The predicted octanol–water partition coefficient (Wildman–Crippen LogP) is 4.34. The highest BCUT2D eigenvalue weighted by atomic mass is 35.6. The topological polar surface area (TPSA) is 0 Å². The van der Waals surface area contributed by atoms with Crippen LogP contribution >= 0.6 is 11.1 Å². The molecule has 0 aliphatic carbocycles. The molecule has 0 spiro atoms. The van der Waals surface area contributed by atoms with Crippen molar-refractivity contribution in [2.45, 2.75) is 64.7 Å². The lowest BCUT2D eigenvalue weighted by Crippen LogP contribution is -2.53. The monoisotopic (exact) mass is 236 g/mol. The third-order valence-corrected chi connectivity index (χ3v) is 25.5. The highest BCUT2D eigenvalue weighted by Gasteiger charge is 2.48. The molecule has 0 fully saturated rings. The normalized spacial score (nSPS) is 21.0. The van der Waals surface area contributed by atoms with Crippen LogP contribution in [-0.2, 0) is 0 Å². The molecule has 0 rings (SSSR count). The molecule has 0 aliphatic heterocycles. The number of rotatable bonds is 1. The minimum atomic E-state index is -1.53.